The number of aliphatic carboxylic acids is 1. The second-order valence-electron chi connectivity index (χ2n) is 4.46. The monoisotopic (exact) mass is 298 g/mol. The van der Waals surface area contributed by atoms with Crippen molar-refractivity contribution in [2.24, 2.45) is 0 Å². The van der Waals surface area contributed by atoms with Crippen LogP contribution in [0.2, 0.25) is 5.02 Å². The molecule has 0 unspecified atom stereocenters. The molecule has 0 bridgehead atoms. The van der Waals surface area contributed by atoms with E-state index in [1.165, 1.54) is 6.08 Å². The zero-order chi connectivity index (χ0) is 14.8. The van der Waals surface area contributed by atoms with Gasteiger partial charge in [-0.2, -0.15) is 5.10 Å². The smallest absolute Gasteiger partial charge is 0.328 e. The number of para-hydroxylation sites is 1. The molecule has 0 fully saturated rings. The zero-order valence-electron chi connectivity index (χ0n) is 10.9. The van der Waals surface area contributed by atoms with E-state index in [9.17, 15) is 4.79 Å². The molecule has 0 aliphatic rings. The Labute approximate surface area is 125 Å². The summed E-state index contributed by atoms with van der Waals surface area (Å²) < 4.78 is 1.75. The maximum absolute atomic E-state index is 10.7. The van der Waals surface area contributed by atoms with Gasteiger partial charge < -0.3 is 5.11 Å². The summed E-state index contributed by atoms with van der Waals surface area (Å²) in [5.74, 6) is -1.02. The van der Waals surface area contributed by atoms with E-state index in [0.29, 0.717) is 10.6 Å². The van der Waals surface area contributed by atoms with Crippen molar-refractivity contribution in [1.29, 1.82) is 0 Å². The van der Waals surface area contributed by atoms with Gasteiger partial charge in [0.15, 0.2) is 0 Å². The molecule has 1 aromatic heterocycles. The number of carboxylic acid groups (broad SMARTS) is 1. The van der Waals surface area contributed by atoms with Crippen LogP contribution in [-0.4, -0.2) is 20.9 Å². The molecular formula is C16H11ClN2O2. The highest BCUT2D eigenvalue weighted by molar-refractivity contribution is 6.32. The van der Waals surface area contributed by atoms with Crippen molar-refractivity contribution in [3.63, 3.8) is 0 Å². The zero-order valence-corrected chi connectivity index (χ0v) is 11.7. The molecule has 2 aromatic carbocycles. The first-order valence-corrected chi connectivity index (χ1v) is 6.67. The van der Waals surface area contributed by atoms with Crippen molar-refractivity contribution in [1.82, 2.24) is 9.78 Å². The van der Waals surface area contributed by atoms with E-state index in [0.717, 1.165) is 22.7 Å². The van der Waals surface area contributed by atoms with Crippen LogP contribution in [0.25, 0.3) is 22.7 Å². The van der Waals surface area contributed by atoms with Crippen molar-refractivity contribution >= 4 is 34.5 Å². The lowest BCUT2D eigenvalue weighted by Gasteiger charge is -2.09. The minimum absolute atomic E-state index is 0.476. The summed E-state index contributed by atoms with van der Waals surface area (Å²) in [5.41, 5.74) is 2.29. The first kappa shape index (κ1) is 13.4. The highest BCUT2D eigenvalue weighted by atomic mass is 35.5. The van der Waals surface area contributed by atoms with Gasteiger partial charge in [0.05, 0.1) is 17.4 Å². The van der Waals surface area contributed by atoms with Gasteiger partial charge in [0.25, 0.3) is 0 Å². The van der Waals surface area contributed by atoms with Crippen molar-refractivity contribution in [3.8, 4) is 5.69 Å². The quantitative estimate of drug-likeness (QED) is 0.749. The Morgan fingerprint density at radius 3 is 2.81 bits per heavy atom. The first-order chi connectivity index (χ1) is 10.2. The van der Waals surface area contributed by atoms with Crippen molar-refractivity contribution in [2.75, 3.05) is 0 Å². The summed E-state index contributed by atoms with van der Waals surface area (Å²) in [7, 11) is 0. The lowest BCUT2D eigenvalue weighted by atomic mass is 10.1. The molecule has 0 saturated carbocycles. The minimum Gasteiger partial charge on any atom is -0.478 e. The largest absolute Gasteiger partial charge is 0.478 e. The molecule has 0 aliphatic heterocycles. The fourth-order valence-corrected chi connectivity index (χ4v) is 2.43. The number of nitrogens with zero attached hydrogens (tertiary/aromatic N) is 2. The second kappa shape index (κ2) is 5.42. The maximum Gasteiger partial charge on any atom is 0.328 e. The Bertz CT molecular complexity index is 852. The lowest BCUT2D eigenvalue weighted by molar-refractivity contribution is -0.131. The molecule has 4 nitrogen and oxygen atoms in total. The maximum atomic E-state index is 10.7. The molecule has 0 atom stereocenters. The van der Waals surface area contributed by atoms with Crippen molar-refractivity contribution in [2.45, 2.75) is 0 Å². The van der Waals surface area contributed by atoms with Crippen LogP contribution < -0.4 is 0 Å². The molecule has 0 aliphatic carbocycles. The third kappa shape index (κ3) is 2.53. The van der Waals surface area contributed by atoms with Crippen molar-refractivity contribution in [3.05, 3.63) is 65.3 Å². The normalized spacial score (nSPS) is 11.3. The summed E-state index contributed by atoms with van der Waals surface area (Å²) in [4.78, 5) is 10.7. The van der Waals surface area contributed by atoms with E-state index in [1.807, 2.05) is 36.4 Å². The summed E-state index contributed by atoms with van der Waals surface area (Å²) in [6.07, 6.45) is 4.31. The predicted molar refractivity (Wildman–Crippen MR) is 82.7 cm³/mol. The van der Waals surface area contributed by atoms with E-state index in [1.54, 1.807) is 16.9 Å². The summed E-state index contributed by atoms with van der Waals surface area (Å²) >= 11 is 6.20. The first-order valence-electron chi connectivity index (χ1n) is 6.29. The number of aromatic nitrogens is 2. The van der Waals surface area contributed by atoms with Gasteiger partial charge >= 0.3 is 5.97 Å². The predicted octanol–water partition coefficient (Wildman–Crippen LogP) is 3.78. The van der Waals surface area contributed by atoms with Crippen LogP contribution in [0.4, 0.5) is 0 Å². The highest BCUT2D eigenvalue weighted by Gasteiger charge is 2.10. The van der Waals surface area contributed by atoms with E-state index < -0.39 is 5.97 Å². The standard InChI is InChI=1S/C16H11ClN2O2/c17-13-5-3-7-15(12(13)8-9-16(20)21)19-14-6-2-1-4-11(14)10-18-19/h1-10H,(H,20,21). The summed E-state index contributed by atoms with van der Waals surface area (Å²) in [6.45, 7) is 0. The van der Waals surface area contributed by atoms with E-state index >= 15 is 0 Å². The van der Waals surface area contributed by atoms with Gasteiger partial charge in [-0.3, -0.25) is 0 Å². The number of carbonyl (C=O) groups is 1. The molecule has 1 N–H and O–H groups in total. The Kier molecular flexibility index (Phi) is 3.46. The van der Waals surface area contributed by atoms with Gasteiger partial charge in [-0.25, -0.2) is 9.48 Å². The summed E-state index contributed by atoms with van der Waals surface area (Å²) in [5, 5.41) is 14.7. The molecule has 0 spiro atoms. The minimum atomic E-state index is -1.02. The molecule has 3 rings (SSSR count). The van der Waals surface area contributed by atoms with Crippen molar-refractivity contribution < 1.29 is 9.90 Å². The molecular weight excluding hydrogens is 288 g/mol. The van der Waals surface area contributed by atoms with Crippen LogP contribution in [0.1, 0.15) is 5.56 Å². The fraction of sp³-hybridized carbons (Fsp3) is 0. The Hall–Kier alpha value is -2.59. The number of rotatable bonds is 3. The van der Waals surface area contributed by atoms with Crippen LogP contribution >= 0.6 is 11.6 Å². The lowest BCUT2D eigenvalue weighted by Crippen LogP contribution is -1.99. The van der Waals surface area contributed by atoms with E-state index in [2.05, 4.69) is 5.10 Å². The molecule has 1 heterocycles. The highest BCUT2D eigenvalue weighted by Crippen LogP contribution is 2.27. The molecule has 3 aromatic rings. The Morgan fingerprint density at radius 1 is 1.19 bits per heavy atom. The van der Waals surface area contributed by atoms with Crippen LogP contribution in [-0.2, 0) is 4.79 Å². The number of halogens is 1. The van der Waals surface area contributed by atoms with Gasteiger partial charge in [0.2, 0.25) is 0 Å². The number of hydrogen-bond donors (Lipinski definition) is 1. The molecule has 0 radical (unpaired) electrons. The van der Waals surface area contributed by atoms with Crippen LogP contribution in [0, 0.1) is 0 Å². The average molecular weight is 299 g/mol. The van der Waals surface area contributed by atoms with Gasteiger partial charge in [0, 0.05) is 22.0 Å². The van der Waals surface area contributed by atoms with Gasteiger partial charge in [-0.1, -0.05) is 35.9 Å². The Balaban J connectivity index is 2.23. The SMILES string of the molecule is O=C(O)C=Cc1c(Cl)cccc1-n1ncc2ccccc21. The van der Waals surface area contributed by atoms with E-state index in [4.69, 9.17) is 16.7 Å². The van der Waals surface area contributed by atoms with Gasteiger partial charge in [-0.15, -0.1) is 0 Å². The van der Waals surface area contributed by atoms with Crippen LogP contribution in [0.3, 0.4) is 0 Å². The van der Waals surface area contributed by atoms with Crippen LogP contribution in [0.5, 0.6) is 0 Å². The molecule has 104 valence electrons. The molecule has 0 saturated heterocycles. The fourth-order valence-electron chi connectivity index (χ4n) is 2.19. The van der Waals surface area contributed by atoms with Gasteiger partial charge in [0.1, 0.15) is 0 Å². The number of carboxylic acids is 1. The molecule has 21 heavy (non-hydrogen) atoms. The van der Waals surface area contributed by atoms with Crippen LogP contribution in [0.15, 0.2) is 54.7 Å². The average Bonchev–Trinajstić information content (AvgIpc) is 2.89. The molecule has 5 heteroatoms. The van der Waals surface area contributed by atoms with Gasteiger partial charge in [-0.05, 0) is 24.3 Å². The Morgan fingerprint density at radius 2 is 2.00 bits per heavy atom. The van der Waals surface area contributed by atoms with E-state index in [-0.39, 0.29) is 0 Å². The molecule has 0 amide bonds. The number of hydrogen-bond acceptors (Lipinski definition) is 2. The number of benzene rings is 2. The second-order valence-corrected chi connectivity index (χ2v) is 4.87. The third-order valence-electron chi connectivity index (χ3n) is 3.13. The topological polar surface area (TPSA) is 55.1 Å². The summed E-state index contributed by atoms with van der Waals surface area (Å²) in [6, 6.07) is 13.2. The number of fused-ring (bicyclic) bond motifs is 1. The third-order valence-corrected chi connectivity index (χ3v) is 3.46.